The van der Waals surface area contributed by atoms with E-state index in [2.05, 4.69) is 19.9 Å². The summed E-state index contributed by atoms with van der Waals surface area (Å²) < 4.78 is 1.86. The summed E-state index contributed by atoms with van der Waals surface area (Å²) in [5, 5.41) is 0. The Hall–Kier alpha value is -2.50. The van der Waals surface area contributed by atoms with Gasteiger partial charge in [-0.25, -0.2) is 19.9 Å². The molecule has 6 nitrogen and oxygen atoms in total. The first-order chi connectivity index (χ1) is 8.25. The zero-order valence-corrected chi connectivity index (χ0v) is 9.20. The third kappa shape index (κ3) is 1.50. The quantitative estimate of drug-likeness (QED) is 0.671. The van der Waals surface area contributed by atoms with Crippen molar-refractivity contribution in [2.45, 2.75) is 6.92 Å². The Kier molecular flexibility index (Phi) is 2.01. The lowest BCUT2D eigenvalue weighted by Crippen LogP contribution is -1.97. The van der Waals surface area contributed by atoms with Crippen molar-refractivity contribution in [2.24, 2.45) is 0 Å². The van der Waals surface area contributed by atoms with Crippen LogP contribution < -0.4 is 5.73 Å². The average molecular weight is 226 g/mol. The minimum absolute atomic E-state index is 0.490. The molecule has 17 heavy (non-hydrogen) atoms. The molecule has 0 unspecified atom stereocenters. The molecule has 0 radical (unpaired) electrons. The molecule has 0 aromatic carbocycles. The van der Waals surface area contributed by atoms with Gasteiger partial charge < -0.3 is 5.73 Å². The lowest BCUT2D eigenvalue weighted by molar-refractivity contribution is 1.04. The Balaban J connectivity index is 2.24. The van der Waals surface area contributed by atoms with Gasteiger partial charge in [0.25, 0.3) is 0 Å². The molecule has 2 N–H and O–H groups in total. The number of pyridine rings is 1. The first-order valence-corrected chi connectivity index (χ1v) is 5.12. The van der Waals surface area contributed by atoms with Crippen LogP contribution in [0.2, 0.25) is 0 Å². The number of nitrogens with zero attached hydrogens (tertiary/aromatic N) is 5. The van der Waals surface area contributed by atoms with Gasteiger partial charge in [0.1, 0.15) is 24.0 Å². The van der Waals surface area contributed by atoms with Gasteiger partial charge in [0, 0.05) is 0 Å². The first kappa shape index (κ1) is 9.71. The highest BCUT2D eigenvalue weighted by molar-refractivity contribution is 5.74. The van der Waals surface area contributed by atoms with Crippen molar-refractivity contribution in [3.8, 4) is 5.69 Å². The molecule has 3 heterocycles. The molecule has 3 rings (SSSR count). The van der Waals surface area contributed by atoms with E-state index in [9.17, 15) is 0 Å². The molecule has 0 aliphatic heterocycles. The van der Waals surface area contributed by atoms with Crippen molar-refractivity contribution in [3.63, 3.8) is 0 Å². The number of hydrogen-bond donors (Lipinski definition) is 1. The number of aromatic nitrogens is 5. The highest BCUT2D eigenvalue weighted by Crippen LogP contribution is 2.17. The second-order valence-electron chi connectivity index (χ2n) is 3.69. The molecule has 84 valence electrons. The third-order valence-corrected chi connectivity index (χ3v) is 2.57. The van der Waals surface area contributed by atoms with E-state index >= 15 is 0 Å². The summed E-state index contributed by atoms with van der Waals surface area (Å²) in [4.78, 5) is 16.7. The summed E-state index contributed by atoms with van der Waals surface area (Å²) in [6.07, 6.45) is 4.92. The molecule has 6 heteroatoms. The summed E-state index contributed by atoms with van der Waals surface area (Å²) in [7, 11) is 0. The van der Waals surface area contributed by atoms with Crippen LogP contribution in [-0.4, -0.2) is 24.5 Å². The number of hydrogen-bond acceptors (Lipinski definition) is 5. The van der Waals surface area contributed by atoms with Crippen LogP contribution in [0.3, 0.4) is 0 Å². The summed E-state index contributed by atoms with van der Waals surface area (Å²) >= 11 is 0. The third-order valence-electron chi connectivity index (χ3n) is 2.57. The van der Waals surface area contributed by atoms with Gasteiger partial charge in [0.15, 0.2) is 5.65 Å². The number of nitrogens with two attached hydrogens (primary N) is 1. The molecule has 0 spiro atoms. The fourth-order valence-corrected chi connectivity index (χ4v) is 1.68. The molecule has 0 saturated carbocycles. The molecule has 3 aromatic heterocycles. The molecule has 0 atom stereocenters. The smallest absolute Gasteiger partial charge is 0.168 e. The normalized spacial score (nSPS) is 10.9. The highest BCUT2D eigenvalue weighted by atomic mass is 15.1. The minimum atomic E-state index is 0.490. The Morgan fingerprint density at radius 1 is 1.12 bits per heavy atom. The molecule has 0 bridgehead atoms. The Bertz CT molecular complexity index is 670. The van der Waals surface area contributed by atoms with Gasteiger partial charge >= 0.3 is 0 Å². The lowest BCUT2D eigenvalue weighted by Gasteiger charge is -2.02. The van der Waals surface area contributed by atoms with E-state index in [-0.39, 0.29) is 0 Å². The van der Waals surface area contributed by atoms with E-state index in [0.717, 1.165) is 22.5 Å². The van der Waals surface area contributed by atoms with Gasteiger partial charge in [0.05, 0.1) is 17.6 Å². The van der Waals surface area contributed by atoms with Gasteiger partial charge in [-0.2, -0.15) is 0 Å². The zero-order chi connectivity index (χ0) is 11.8. The monoisotopic (exact) mass is 226 g/mol. The molecular formula is C11H10N6. The number of anilines is 1. The predicted molar refractivity (Wildman–Crippen MR) is 63.6 cm³/mol. The SMILES string of the molecule is Cc1ncnc2c1ncn2-c1ccc(N)nc1. The number of aryl methyl sites for hydroxylation is 1. The first-order valence-electron chi connectivity index (χ1n) is 5.12. The lowest BCUT2D eigenvalue weighted by atomic mass is 10.3. The zero-order valence-electron chi connectivity index (χ0n) is 9.20. The maximum Gasteiger partial charge on any atom is 0.168 e. The summed E-state index contributed by atoms with van der Waals surface area (Å²) in [6, 6.07) is 3.62. The van der Waals surface area contributed by atoms with Gasteiger partial charge in [-0.1, -0.05) is 0 Å². The highest BCUT2D eigenvalue weighted by Gasteiger charge is 2.08. The van der Waals surface area contributed by atoms with Crippen LogP contribution in [0.1, 0.15) is 5.69 Å². The summed E-state index contributed by atoms with van der Waals surface area (Å²) in [5.41, 5.74) is 8.85. The second-order valence-corrected chi connectivity index (χ2v) is 3.69. The minimum Gasteiger partial charge on any atom is -0.384 e. The molecule has 0 saturated heterocycles. The van der Waals surface area contributed by atoms with Crippen LogP contribution in [0.15, 0.2) is 31.0 Å². The van der Waals surface area contributed by atoms with Gasteiger partial charge in [0.2, 0.25) is 0 Å². The maximum atomic E-state index is 5.56. The van der Waals surface area contributed by atoms with E-state index in [0.29, 0.717) is 5.82 Å². The van der Waals surface area contributed by atoms with Crippen molar-refractivity contribution in [2.75, 3.05) is 5.73 Å². The predicted octanol–water partition coefficient (Wildman–Crippen LogP) is 1.10. The van der Waals surface area contributed by atoms with E-state index in [4.69, 9.17) is 5.73 Å². The largest absolute Gasteiger partial charge is 0.384 e. The standard InChI is InChI=1S/C11H10N6/c1-7-10-11(15-5-14-7)17(6-16-10)8-2-3-9(12)13-4-8/h2-6H,1H3,(H2,12,13). The van der Waals surface area contributed by atoms with E-state index < -0.39 is 0 Å². The molecule has 3 aromatic rings. The van der Waals surface area contributed by atoms with Crippen molar-refractivity contribution in [1.82, 2.24) is 24.5 Å². The van der Waals surface area contributed by atoms with Gasteiger partial charge in [-0.05, 0) is 19.1 Å². The number of rotatable bonds is 1. The van der Waals surface area contributed by atoms with Crippen LogP contribution in [0.25, 0.3) is 16.9 Å². The molecule has 0 fully saturated rings. The number of fused-ring (bicyclic) bond motifs is 1. The fourth-order valence-electron chi connectivity index (χ4n) is 1.68. The van der Waals surface area contributed by atoms with Crippen molar-refractivity contribution >= 4 is 17.0 Å². The van der Waals surface area contributed by atoms with Crippen LogP contribution in [0, 0.1) is 6.92 Å². The fraction of sp³-hybridized carbons (Fsp3) is 0.0909. The van der Waals surface area contributed by atoms with Crippen LogP contribution >= 0.6 is 0 Å². The van der Waals surface area contributed by atoms with Crippen LogP contribution in [0.5, 0.6) is 0 Å². The molecule has 0 aliphatic rings. The molecular weight excluding hydrogens is 216 g/mol. The van der Waals surface area contributed by atoms with Crippen molar-refractivity contribution < 1.29 is 0 Å². The van der Waals surface area contributed by atoms with Crippen LogP contribution in [-0.2, 0) is 0 Å². The van der Waals surface area contributed by atoms with Crippen molar-refractivity contribution in [3.05, 3.63) is 36.7 Å². The summed E-state index contributed by atoms with van der Waals surface area (Å²) in [5.74, 6) is 0.490. The van der Waals surface area contributed by atoms with E-state index in [1.807, 2.05) is 17.6 Å². The Morgan fingerprint density at radius 2 is 2.00 bits per heavy atom. The van der Waals surface area contributed by atoms with Gasteiger partial charge in [-0.15, -0.1) is 0 Å². The average Bonchev–Trinajstić information content (AvgIpc) is 2.75. The number of nitrogen functional groups attached to an aromatic ring is 1. The Labute approximate surface area is 97.2 Å². The summed E-state index contributed by atoms with van der Waals surface area (Å²) in [6.45, 7) is 1.91. The maximum absolute atomic E-state index is 5.56. The number of imidazole rings is 1. The van der Waals surface area contributed by atoms with E-state index in [1.165, 1.54) is 6.33 Å². The topological polar surface area (TPSA) is 82.5 Å². The van der Waals surface area contributed by atoms with Crippen molar-refractivity contribution in [1.29, 1.82) is 0 Å². The van der Waals surface area contributed by atoms with Crippen LogP contribution in [0.4, 0.5) is 5.82 Å². The molecule has 0 amide bonds. The van der Waals surface area contributed by atoms with Gasteiger partial charge in [-0.3, -0.25) is 4.57 Å². The second kappa shape index (κ2) is 3.51. The molecule has 0 aliphatic carbocycles. The Morgan fingerprint density at radius 3 is 2.76 bits per heavy atom. The van der Waals surface area contributed by atoms with E-state index in [1.54, 1.807) is 18.6 Å².